The number of nitrogens with one attached hydrogen (secondary N) is 1. The lowest BCUT2D eigenvalue weighted by molar-refractivity contribution is -0.153. The van der Waals surface area contributed by atoms with E-state index in [4.69, 9.17) is 23.9 Å². The third-order valence-electron chi connectivity index (χ3n) is 8.73. The molecule has 4 heterocycles. The zero-order valence-corrected chi connectivity index (χ0v) is 28.2. The largest absolute Gasteiger partial charge is 0.487 e. The number of rotatable bonds is 12. The summed E-state index contributed by atoms with van der Waals surface area (Å²) in [5, 5.41) is 0. The van der Waals surface area contributed by atoms with E-state index in [1.165, 1.54) is 23.9 Å². The van der Waals surface area contributed by atoms with Gasteiger partial charge in [-0.1, -0.05) is 12.1 Å². The summed E-state index contributed by atoms with van der Waals surface area (Å²) in [6.07, 6.45) is -1.39. The first-order valence-corrected chi connectivity index (χ1v) is 16.3. The summed E-state index contributed by atoms with van der Waals surface area (Å²) in [7, 11) is 3.73. The van der Waals surface area contributed by atoms with Crippen LogP contribution in [-0.4, -0.2) is 98.7 Å². The van der Waals surface area contributed by atoms with Gasteiger partial charge in [-0.25, -0.2) is 9.38 Å². The fourth-order valence-electron chi connectivity index (χ4n) is 5.91. The van der Waals surface area contributed by atoms with Gasteiger partial charge in [0.2, 0.25) is 5.90 Å². The third-order valence-corrected chi connectivity index (χ3v) is 8.73. The van der Waals surface area contributed by atoms with E-state index >= 15 is 4.39 Å². The number of aromatic nitrogens is 2. The fourth-order valence-corrected chi connectivity index (χ4v) is 5.91. The first-order valence-electron chi connectivity index (χ1n) is 16.3. The molecule has 14 heteroatoms. The minimum atomic E-state index is -4.47. The first-order chi connectivity index (χ1) is 24.1. The van der Waals surface area contributed by atoms with Crippen molar-refractivity contribution in [2.75, 3.05) is 71.7 Å². The number of likely N-dealkylation sites (N-methyl/N-ethyl adjacent to an activating group) is 1. The predicted octanol–water partition coefficient (Wildman–Crippen LogP) is 6.31. The van der Waals surface area contributed by atoms with Crippen LogP contribution >= 0.6 is 0 Å². The van der Waals surface area contributed by atoms with Crippen molar-refractivity contribution in [3.05, 3.63) is 89.1 Å². The van der Waals surface area contributed by atoms with E-state index in [-0.39, 0.29) is 24.7 Å². The van der Waals surface area contributed by atoms with E-state index in [9.17, 15) is 13.2 Å². The second-order valence-corrected chi connectivity index (χ2v) is 12.3. The number of hydrogen-bond donors (Lipinski definition) is 1. The Balaban J connectivity index is 1.20. The monoisotopic (exact) mass is 696 g/mol. The average Bonchev–Trinajstić information content (AvgIpc) is 3.54. The summed E-state index contributed by atoms with van der Waals surface area (Å²) < 4.78 is 75.7. The van der Waals surface area contributed by atoms with Crippen molar-refractivity contribution < 1.29 is 36.5 Å². The molecular weight excluding hydrogens is 656 g/mol. The lowest BCUT2D eigenvalue weighted by Gasteiger charge is -2.32. The first kappa shape index (κ1) is 35.2. The molecule has 266 valence electrons. The number of H-pyrrole nitrogens is 1. The molecule has 1 fully saturated rings. The molecule has 0 aliphatic carbocycles. The normalized spacial score (nSPS) is 15.5. The van der Waals surface area contributed by atoms with Gasteiger partial charge in [0.1, 0.15) is 43.0 Å². The van der Waals surface area contributed by atoms with E-state index in [0.717, 1.165) is 44.2 Å². The number of aromatic amines is 1. The molecular formula is C36H40F4N6O4. The maximum atomic E-state index is 15.8. The van der Waals surface area contributed by atoms with E-state index in [2.05, 4.69) is 51.1 Å². The van der Waals surface area contributed by atoms with E-state index in [1.807, 2.05) is 4.90 Å². The molecule has 2 aromatic carbocycles. The highest BCUT2D eigenvalue weighted by Crippen LogP contribution is 2.39. The minimum absolute atomic E-state index is 0.0514. The third kappa shape index (κ3) is 8.37. The van der Waals surface area contributed by atoms with Gasteiger partial charge in [0.05, 0.1) is 17.9 Å². The molecule has 10 nitrogen and oxygen atoms in total. The van der Waals surface area contributed by atoms with Crippen LogP contribution in [0.5, 0.6) is 11.5 Å². The lowest BCUT2D eigenvalue weighted by Crippen LogP contribution is -2.43. The average molecular weight is 697 g/mol. The number of nitrogens with zero attached hydrogens (tertiary/aromatic N) is 5. The van der Waals surface area contributed by atoms with Gasteiger partial charge in [0.25, 0.3) is 0 Å². The fraction of sp³-hybridized carbons (Fsp3) is 0.389. The second-order valence-electron chi connectivity index (χ2n) is 12.3. The molecule has 1 saturated heterocycles. The highest BCUT2D eigenvalue weighted by Gasteiger charge is 2.30. The van der Waals surface area contributed by atoms with Crippen molar-refractivity contribution in [3.63, 3.8) is 0 Å². The number of ether oxygens (including phenoxy) is 4. The van der Waals surface area contributed by atoms with Crippen LogP contribution < -0.4 is 14.4 Å². The van der Waals surface area contributed by atoms with Crippen LogP contribution in [0.2, 0.25) is 0 Å². The van der Waals surface area contributed by atoms with E-state index in [1.54, 1.807) is 32.4 Å². The summed E-state index contributed by atoms with van der Waals surface area (Å²) >= 11 is 0. The Morgan fingerprint density at radius 1 is 0.920 bits per heavy atom. The van der Waals surface area contributed by atoms with Crippen LogP contribution in [0, 0.1) is 12.7 Å². The van der Waals surface area contributed by atoms with Crippen LogP contribution in [0.3, 0.4) is 0 Å². The van der Waals surface area contributed by atoms with Gasteiger partial charge >= 0.3 is 6.18 Å². The zero-order chi connectivity index (χ0) is 35.3. The Morgan fingerprint density at radius 2 is 1.70 bits per heavy atom. The molecule has 4 aromatic rings. The summed E-state index contributed by atoms with van der Waals surface area (Å²) in [5.41, 5.74) is 4.42. The van der Waals surface area contributed by atoms with Gasteiger partial charge in [-0.2, -0.15) is 13.2 Å². The number of pyridine rings is 1. The molecule has 50 heavy (non-hydrogen) atoms. The number of hydrogen-bond acceptors (Lipinski definition) is 9. The van der Waals surface area contributed by atoms with E-state index < -0.39 is 18.6 Å². The molecule has 0 radical (unpaired) electrons. The Morgan fingerprint density at radius 3 is 2.42 bits per heavy atom. The van der Waals surface area contributed by atoms with Gasteiger partial charge in [-0.15, -0.1) is 0 Å². The van der Waals surface area contributed by atoms with Crippen molar-refractivity contribution in [1.29, 1.82) is 0 Å². The highest BCUT2D eigenvalue weighted by molar-refractivity contribution is 6.07. The number of aliphatic imine (C=N–C) groups is 1. The maximum absolute atomic E-state index is 15.8. The molecule has 6 rings (SSSR count). The van der Waals surface area contributed by atoms with Crippen molar-refractivity contribution in [2.45, 2.75) is 26.3 Å². The molecule has 0 bridgehead atoms. The van der Waals surface area contributed by atoms with Gasteiger partial charge in [-0.3, -0.25) is 9.88 Å². The number of piperazine rings is 1. The van der Waals surface area contributed by atoms with Crippen molar-refractivity contribution in [3.8, 4) is 22.6 Å². The molecule has 0 atom stereocenters. The molecule has 1 N–H and O–H groups in total. The van der Waals surface area contributed by atoms with Crippen molar-refractivity contribution >= 4 is 17.4 Å². The number of benzene rings is 2. The molecule has 0 spiro atoms. The molecule has 2 aliphatic rings. The Hall–Kier alpha value is -4.66. The number of halogens is 4. The molecule has 2 aliphatic heterocycles. The van der Waals surface area contributed by atoms with Crippen molar-refractivity contribution in [2.24, 2.45) is 4.99 Å². The van der Waals surface area contributed by atoms with E-state index in [0.29, 0.717) is 47.1 Å². The number of anilines is 2. The van der Waals surface area contributed by atoms with Gasteiger partial charge in [0.15, 0.2) is 6.61 Å². The van der Waals surface area contributed by atoms with Gasteiger partial charge in [-0.05, 0) is 49.9 Å². The van der Waals surface area contributed by atoms with Crippen LogP contribution in [0.4, 0.5) is 29.1 Å². The standard InChI is InChI=1S/C36H40F4N6O4/c1-24-31(41-11-10-32(24)50-22-36(38,39)40)21-49-27-8-9-28(30(37)18-27)29-19-42-34-33(29)35(48-17-16-47-3)43-23-46(34)26-6-4-25(5-7-26)20-45-14-12-44(2)13-15-45/h4-11,18-19,42H,12-17,20-23H2,1-3H3. The summed E-state index contributed by atoms with van der Waals surface area (Å²) in [6.45, 7) is 6.10. The molecule has 0 unspecified atom stereocenters. The van der Waals surface area contributed by atoms with Gasteiger partial charge in [0, 0.05) is 80.7 Å². The molecule has 0 saturated carbocycles. The molecule has 0 amide bonds. The molecule has 2 aromatic heterocycles. The van der Waals surface area contributed by atoms with Crippen molar-refractivity contribution in [1.82, 2.24) is 19.8 Å². The SMILES string of the molecule is COCCOC1=NCN(c2ccc(CN3CCN(C)CC3)cc2)c2[nH]cc(-c3ccc(OCc4nccc(OCC(F)(F)F)c4C)cc3F)c21. The number of fused-ring (bicyclic) bond motifs is 1. The zero-order valence-electron chi connectivity index (χ0n) is 28.2. The summed E-state index contributed by atoms with van der Waals surface area (Å²) in [6, 6.07) is 14.3. The minimum Gasteiger partial charge on any atom is -0.487 e. The number of alkyl halides is 3. The van der Waals surface area contributed by atoms with Crippen LogP contribution in [0.1, 0.15) is 22.4 Å². The Kier molecular flexibility index (Phi) is 10.9. The summed E-state index contributed by atoms with van der Waals surface area (Å²) in [5.74, 6) is 0.837. The maximum Gasteiger partial charge on any atom is 0.422 e. The van der Waals surface area contributed by atoms with Crippen LogP contribution in [0.25, 0.3) is 11.1 Å². The smallest absolute Gasteiger partial charge is 0.422 e. The number of methoxy groups -OCH3 is 1. The summed E-state index contributed by atoms with van der Waals surface area (Å²) in [4.78, 5) is 19.1. The van der Waals surface area contributed by atoms with Crippen LogP contribution in [-0.2, 0) is 22.6 Å². The topological polar surface area (TPSA) is 87.7 Å². The van der Waals surface area contributed by atoms with Crippen LogP contribution in [0.15, 0.2) is 65.9 Å². The highest BCUT2D eigenvalue weighted by atomic mass is 19.4. The van der Waals surface area contributed by atoms with Gasteiger partial charge < -0.3 is 33.7 Å². The quantitative estimate of drug-likeness (QED) is 0.136. The Bertz CT molecular complexity index is 1790. The second kappa shape index (κ2) is 15.5. The lowest BCUT2D eigenvalue weighted by atomic mass is 10.0. The predicted molar refractivity (Wildman–Crippen MR) is 182 cm³/mol. The Labute approximate surface area is 288 Å².